The normalized spacial score (nSPS) is 14.8. The van der Waals surface area contributed by atoms with Crippen molar-refractivity contribution in [1.82, 2.24) is 0 Å². The summed E-state index contributed by atoms with van der Waals surface area (Å²) < 4.78 is 0. The molecule has 0 bridgehead atoms. The average molecular weight is 375 g/mol. The minimum Gasteiger partial charge on any atom is -0.508 e. The van der Waals surface area contributed by atoms with Gasteiger partial charge >= 0.3 is 0 Å². The van der Waals surface area contributed by atoms with E-state index in [4.69, 9.17) is 0 Å². The number of para-hydroxylation sites is 1. The Bertz CT molecular complexity index is 467. The van der Waals surface area contributed by atoms with Crippen LogP contribution in [0.4, 0.5) is 0 Å². The molecule has 0 aliphatic heterocycles. The summed E-state index contributed by atoms with van der Waals surface area (Å²) in [5, 5.41) is 10.5. The Labute approximate surface area is 170 Å². The Balaban J connectivity index is 2.81. The van der Waals surface area contributed by atoms with Crippen LogP contribution in [-0.4, -0.2) is 5.11 Å². The maximum atomic E-state index is 10.5. The fourth-order valence-corrected chi connectivity index (χ4v) is 4.47. The van der Waals surface area contributed by atoms with Crippen molar-refractivity contribution in [3.63, 3.8) is 0 Å². The molecule has 0 radical (unpaired) electrons. The van der Waals surface area contributed by atoms with Crippen LogP contribution in [0.5, 0.6) is 5.75 Å². The molecule has 156 valence electrons. The molecule has 1 nitrogen and oxygen atoms in total. The summed E-state index contributed by atoms with van der Waals surface area (Å²) in [5.74, 6) is 2.56. The highest BCUT2D eigenvalue weighted by Gasteiger charge is 2.22. The molecule has 0 heterocycles. The van der Waals surface area contributed by atoms with Gasteiger partial charge in [-0.25, -0.2) is 0 Å². The summed E-state index contributed by atoms with van der Waals surface area (Å²) in [6.45, 7) is 9.29. The van der Waals surface area contributed by atoms with Crippen LogP contribution in [0, 0.1) is 11.8 Å². The lowest BCUT2D eigenvalue weighted by atomic mass is 9.78. The molecule has 0 saturated heterocycles. The van der Waals surface area contributed by atoms with Gasteiger partial charge in [0.05, 0.1) is 0 Å². The first-order valence-corrected chi connectivity index (χ1v) is 11.9. The first-order chi connectivity index (χ1) is 13.1. The van der Waals surface area contributed by atoms with Crippen molar-refractivity contribution in [2.24, 2.45) is 11.8 Å². The molecule has 0 saturated carbocycles. The number of hydrogen-bond donors (Lipinski definition) is 1. The highest BCUT2D eigenvalue weighted by atomic mass is 16.3. The van der Waals surface area contributed by atoms with Crippen molar-refractivity contribution >= 4 is 0 Å². The van der Waals surface area contributed by atoms with Crippen molar-refractivity contribution in [2.45, 2.75) is 117 Å². The summed E-state index contributed by atoms with van der Waals surface area (Å²) in [6.07, 6.45) is 17.2. The zero-order valence-electron chi connectivity index (χ0n) is 18.7. The predicted molar refractivity (Wildman–Crippen MR) is 121 cm³/mol. The van der Waals surface area contributed by atoms with E-state index >= 15 is 0 Å². The highest BCUT2D eigenvalue weighted by Crippen LogP contribution is 2.38. The van der Waals surface area contributed by atoms with Gasteiger partial charge in [-0.15, -0.1) is 0 Å². The molecular formula is C26H46O. The van der Waals surface area contributed by atoms with Gasteiger partial charge in [0.25, 0.3) is 0 Å². The molecule has 3 unspecified atom stereocenters. The molecule has 1 aromatic carbocycles. The standard InChI is InChI=1S/C26H46O/c1-5-8-11-12-17-23(16-10-7-3)21-24(20-22(4)15-9-6-2)25-18-13-14-19-26(25)27/h13-14,18-19,22-24,27H,5-12,15-17,20-21H2,1-4H3. The largest absolute Gasteiger partial charge is 0.508 e. The molecule has 1 heteroatoms. The molecular weight excluding hydrogens is 328 g/mol. The van der Waals surface area contributed by atoms with Gasteiger partial charge in [-0.05, 0) is 42.2 Å². The average Bonchev–Trinajstić information content (AvgIpc) is 2.67. The molecule has 0 amide bonds. The second-order valence-electron chi connectivity index (χ2n) is 8.83. The van der Waals surface area contributed by atoms with Crippen molar-refractivity contribution in [1.29, 1.82) is 0 Å². The van der Waals surface area contributed by atoms with E-state index in [9.17, 15) is 5.11 Å². The summed E-state index contributed by atoms with van der Waals surface area (Å²) >= 11 is 0. The Hall–Kier alpha value is -0.980. The Kier molecular flexibility index (Phi) is 13.4. The maximum absolute atomic E-state index is 10.5. The number of hydrogen-bond acceptors (Lipinski definition) is 1. The van der Waals surface area contributed by atoms with Crippen LogP contribution in [0.15, 0.2) is 24.3 Å². The van der Waals surface area contributed by atoms with Crippen molar-refractivity contribution < 1.29 is 5.11 Å². The van der Waals surface area contributed by atoms with Crippen LogP contribution in [-0.2, 0) is 0 Å². The molecule has 0 fully saturated rings. The SMILES string of the molecule is CCCCCCC(CCCC)CC(CC(C)CCCC)c1ccccc1O. The van der Waals surface area contributed by atoms with Gasteiger partial charge in [0, 0.05) is 0 Å². The lowest BCUT2D eigenvalue weighted by Crippen LogP contribution is -2.12. The smallest absolute Gasteiger partial charge is 0.119 e. The lowest BCUT2D eigenvalue weighted by molar-refractivity contribution is 0.319. The van der Waals surface area contributed by atoms with E-state index in [1.807, 2.05) is 12.1 Å². The van der Waals surface area contributed by atoms with Crippen molar-refractivity contribution in [3.05, 3.63) is 29.8 Å². The van der Waals surface area contributed by atoms with Gasteiger partial charge < -0.3 is 5.11 Å². The van der Waals surface area contributed by atoms with Gasteiger partial charge in [-0.3, -0.25) is 0 Å². The molecule has 0 aliphatic carbocycles. The second-order valence-corrected chi connectivity index (χ2v) is 8.83. The van der Waals surface area contributed by atoms with E-state index in [2.05, 4.69) is 39.8 Å². The molecule has 0 spiro atoms. The summed E-state index contributed by atoms with van der Waals surface area (Å²) in [6, 6.07) is 8.10. The number of phenols is 1. The van der Waals surface area contributed by atoms with Gasteiger partial charge in [0.15, 0.2) is 0 Å². The minimum atomic E-state index is 0.505. The quantitative estimate of drug-likeness (QED) is 0.286. The topological polar surface area (TPSA) is 20.2 Å². The van der Waals surface area contributed by atoms with Crippen molar-refractivity contribution in [2.75, 3.05) is 0 Å². The third kappa shape index (κ3) is 10.2. The fraction of sp³-hybridized carbons (Fsp3) is 0.769. The lowest BCUT2D eigenvalue weighted by Gasteiger charge is -2.27. The first-order valence-electron chi connectivity index (χ1n) is 11.9. The van der Waals surface area contributed by atoms with Gasteiger partial charge in [0.2, 0.25) is 0 Å². The van der Waals surface area contributed by atoms with Crippen LogP contribution in [0.25, 0.3) is 0 Å². The summed E-state index contributed by atoms with van der Waals surface area (Å²) in [7, 11) is 0. The molecule has 1 aromatic rings. The minimum absolute atomic E-state index is 0.505. The molecule has 1 N–H and O–H groups in total. The third-order valence-electron chi connectivity index (χ3n) is 6.16. The van der Waals surface area contributed by atoms with E-state index in [1.54, 1.807) is 0 Å². The summed E-state index contributed by atoms with van der Waals surface area (Å²) in [4.78, 5) is 0. The summed E-state index contributed by atoms with van der Waals surface area (Å²) in [5.41, 5.74) is 1.19. The molecule has 0 aliphatic rings. The Morgan fingerprint density at radius 2 is 1.37 bits per heavy atom. The van der Waals surface area contributed by atoms with Crippen LogP contribution >= 0.6 is 0 Å². The molecule has 1 rings (SSSR count). The maximum Gasteiger partial charge on any atom is 0.119 e. The molecule has 3 atom stereocenters. The third-order valence-corrected chi connectivity index (χ3v) is 6.16. The Morgan fingerprint density at radius 3 is 2.04 bits per heavy atom. The number of phenolic OH excluding ortho intramolecular Hbond substituents is 1. The zero-order chi connectivity index (χ0) is 19.9. The van der Waals surface area contributed by atoms with Gasteiger partial charge in [0.1, 0.15) is 5.75 Å². The van der Waals surface area contributed by atoms with Gasteiger partial charge in [-0.1, -0.05) is 117 Å². The number of unbranched alkanes of at least 4 members (excludes halogenated alkanes) is 5. The highest BCUT2D eigenvalue weighted by molar-refractivity contribution is 5.35. The van der Waals surface area contributed by atoms with E-state index in [0.29, 0.717) is 11.7 Å². The first kappa shape index (κ1) is 24.1. The van der Waals surface area contributed by atoms with Crippen molar-refractivity contribution in [3.8, 4) is 5.75 Å². The monoisotopic (exact) mass is 374 g/mol. The van der Waals surface area contributed by atoms with E-state index in [-0.39, 0.29) is 0 Å². The van der Waals surface area contributed by atoms with Crippen LogP contribution in [0.2, 0.25) is 0 Å². The van der Waals surface area contributed by atoms with Gasteiger partial charge in [-0.2, -0.15) is 0 Å². The number of rotatable bonds is 16. The predicted octanol–water partition coefficient (Wildman–Crippen LogP) is 8.86. The van der Waals surface area contributed by atoms with E-state index < -0.39 is 0 Å². The van der Waals surface area contributed by atoms with Crippen LogP contribution < -0.4 is 0 Å². The number of benzene rings is 1. The molecule has 0 aromatic heterocycles. The number of aromatic hydroxyl groups is 1. The zero-order valence-corrected chi connectivity index (χ0v) is 18.7. The van der Waals surface area contributed by atoms with Crippen LogP contribution in [0.1, 0.15) is 123 Å². The second kappa shape index (κ2) is 15.0. The van der Waals surface area contributed by atoms with E-state index in [0.717, 1.165) is 11.8 Å². The molecule has 27 heavy (non-hydrogen) atoms. The Morgan fingerprint density at radius 1 is 0.741 bits per heavy atom. The van der Waals surface area contributed by atoms with E-state index in [1.165, 1.54) is 89.0 Å². The fourth-order valence-electron chi connectivity index (χ4n) is 4.47. The van der Waals surface area contributed by atoms with Crippen LogP contribution in [0.3, 0.4) is 0 Å².